The highest BCUT2D eigenvalue weighted by Crippen LogP contribution is 2.43. The molecule has 0 saturated carbocycles. The molecule has 0 aliphatic heterocycles. The van der Waals surface area contributed by atoms with E-state index in [0.29, 0.717) is 10.6 Å². The fourth-order valence-corrected chi connectivity index (χ4v) is 4.87. The quantitative estimate of drug-likeness (QED) is 0.443. The second-order valence-corrected chi connectivity index (χ2v) is 7.85. The predicted molar refractivity (Wildman–Crippen MR) is 81.9 cm³/mol. The first kappa shape index (κ1) is 14.0. The van der Waals surface area contributed by atoms with Gasteiger partial charge in [-0.25, -0.2) is 4.39 Å². The molecule has 1 aromatic carbocycles. The van der Waals surface area contributed by atoms with E-state index in [4.69, 9.17) is 11.6 Å². The molecule has 0 aliphatic rings. The average Bonchev–Trinajstić information content (AvgIpc) is 2.59. The van der Waals surface area contributed by atoms with Gasteiger partial charge in [-0.2, -0.15) is 0 Å². The van der Waals surface area contributed by atoms with Crippen LogP contribution in [0.4, 0.5) is 4.39 Å². The van der Waals surface area contributed by atoms with Crippen molar-refractivity contribution in [3.8, 4) is 0 Å². The Balaban J connectivity index is 2.47. The molecule has 1 unspecified atom stereocenters. The highest BCUT2D eigenvalue weighted by atomic mass is 79.9. The lowest BCUT2D eigenvalue weighted by Crippen LogP contribution is -1.95. The van der Waals surface area contributed by atoms with Crippen LogP contribution in [0, 0.1) is 5.82 Å². The number of hydrogen-bond acceptors (Lipinski definition) is 1. The molecule has 0 nitrogen and oxygen atoms in total. The first-order valence-corrected chi connectivity index (χ1v) is 8.23. The fourth-order valence-electron chi connectivity index (χ4n) is 1.38. The normalized spacial score (nSPS) is 12.8. The van der Waals surface area contributed by atoms with E-state index in [1.807, 2.05) is 12.1 Å². The van der Waals surface area contributed by atoms with Crippen LogP contribution in [0.1, 0.15) is 15.3 Å². The summed E-state index contributed by atoms with van der Waals surface area (Å²) in [5.41, 5.74) is 0.581. The van der Waals surface area contributed by atoms with E-state index in [1.165, 1.54) is 17.4 Å². The summed E-state index contributed by atoms with van der Waals surface area (Å²) in [5.74, 6) is -0.248. The van der Waals surface area contributed by atoms with Gasteiger partial charge in [-0.15, -0.1) is 11.3 Å². The SMILES string of the molecule is Fc1cccc(Br)c1C(Br)c1cc(Cl)c(Br)s1. The van der Waals surface area contributed by atoms with E-state index in [9.17, 15) is 4.39 Å². The summed E-state index contributed by atoms with van der Waals surface area (Å²) in [7, 11) is 0. The molecule has 1 atom stereocenters. The minimum atomic E-state index is -0.248. The smallest absolute Gasteiger partial charge is 0.129 e. The van der Waals surface area contributed by atoms with Crippen molar-refractivity contribution < 1.29 is 4.39 Å². The van der Waals surface area contributed by atoms with Crippen molar-refractivity contribution in [2.75, 3.05) is 0 Å². The second kappa shape index (κ2) is 5.70. The molecule has 0 saturated heterocycles. The number of benzene rings is 1. The molecule has 0 spiro atoms. The van der Waals surface area contributed by atoms with Gasteiger partial charge in [0.25, 0.3) is 0 Å². The Bertz CT molecular complexity index is 516. The van der Waals surface area contributed by atoms with Crippen molar-refractivity contribution in [2.24, 2.45) is 0 Å². The molecule has 0 N–H and O–H groups in total. The van der Waals surface area contributed by atoms with Gasteiger partial charge in [0.05, 0.1) is 13.6 Å². The van der Waals surface area contributed by atoms with E-state index in [1.54, 1.807) is 6.07 Å². The fraction of sp³-hybridized carbons (Fsp3) is 0.0909. The highest BCUT2D eigenvalue weighted by molar-refractivity contribution is 9.11. The first-order chi connectivity index (χ1) is 8.00. The lowest BCUT2D eigenvalue weighted by atomic mass is 10.1. The molecule has 90 valence electrons. The summed E-state index contributed by atoms with van der Waals surface area (Å²) in [6, 6.07) is 6.75. The predicted octanol–water partition coefficient (Wildman–Crippen LogP) is 6.55. The standard InChI is InChI=1S/C11H5Br3ClFS/c12-5-2-1-3-7(16)9(5)10(13)8-4-6(15)11(14)17-8/h1-4,10H. The maximum Gasteiger partial charge on any atom is 0.129 e. The molecule has 2 aromatic rings. The molecular formula is C11H5Br3ClFS. The maximum absolute atomic E-state index is 13.8. The van der Waals surface area contributed by atoms with Gasteiger partial charge in [-0.1, -0.05) is 49.5 Å². The van der Waals surface area contributed by atoms with Crippen molar-refractivity contribution >= 4 is 70.7 Å². The average molecular weight is 463 g/mol. The molecule has 0 radical (unpaired) electrons. The largest absolute Gasteiger partial charge is 0.207 e. The van der Waals surface area contributed by atoms with E-state index in [-0.39, 0.29) is 10.6 Å². The van der Waals surface area contributed by atoms with Gasteiger partial charge in [0.2, 0.25) is 0 Å². The van der Waals surface area contributed by atoms with Crippen molar-refractivity contribution in [2.45, 2.75) is 4.83 Å². The van der Waals surface area contributed by atoms with Crippen molar-refractivity contribution in [1.29, 1.82) is 0 Å². The molecule has 0 aliphatic carbocycles. The number of alkyl halides is 1. The van der Waals surface area contributed by atoms with E-state index < -0.39 is 0 Å². The van der Waals surface area contributed by atoms with Crippen LogP contribution in [0.25, 0.3) is 0 Å². The van der Waals surface area contributed by atoms with Crippen LogP contribution in [-0.4, -0.2) is 0 Å². The van der Waals surface area contributed by atoms with Crippen LogP contribution in [0.15, 0.2) is 32.5 Å². The van der Waals surface area contributed by atoms with Gasteiger partial charge < -0.3 is 0 Å². The lowest BCUT2D eigenvalue weighted by molar-refractivity contribution is 0.612. The van der Waals surface area contributed by atoms with Crippen molar-refractivity contribution in [3.63, 3.8) is 0 Å². The summed E-state index contributed by atoms with van der Waals surface area (Å²) in [6.45, 7) is 0. The van der Waals surface area contributed by atoms with Crippen molar-refractivity contribution in [1.82, 2.24) is 0 Å². The summed E-state index contributed by atoms with van der Waals surface area (Å²) in [4.78, 5) is 0.736. The summed E-state index contributed by atoms with van der Waals surface area (Å²) in [5, 5.41) is 0.641. The third-order valence-electron chi connectivity index (χ3n) is 2.17. The van der Waals surface area contributed by atoms with Crippen LogP contribution in [-0.2, 0) is 0 Å². The summed E-state index contributed by atoms with van der Waals surface area (Å²) >= 11 is 17.7. The molecule has 0 bridgehead atoms. The van der Waals surface area contributed by atoms with Gasteiger partial charge >= 0.3 is 0 Å². The lowest BCUT2D eigenvalue weighted by Gasteiger charge is -2.11. The third kappa shape index (κ3) is 2.95. The zero-order valence-corrected chi connectivity index (χ0v) is 14.5. The number of rotatable bonds is 2. The van der Waals surface area contributed by atoms with Crippen LogP contribution < -0.4 is 0 Å². The Morgan fingerprint density at radius 3 is 2.53 bits per heavy atom. The van der Waals surface area contributed by atoms with E-state index >= 15 is 0 Å². The second-order valence-electron chi connectivity index (χ2n) is 3.27. The molecule has 1 aromatic heterocycles. The monoisotopic (exact) mass is 460 g/mol. The van der Waals surface area contributed by atoms with Crippen molar-refractivity contribution in [3.05, 3.63) is 53.8 Å². The summed E-state index contributed by atoms with van der Waals surface area (Å²) in [6.07, 6.45) is 0. The molecular weight excluding hydrogens is 458 g/mol. The van der Waals surface area contributed by atoms with Crippen LogP contribution in [0.5, 0.6) is 0 Å². The van der Waals surface area contributed by atoms with Gasteiger partial charge in [0, 0.05) is 14.9 Å². The zero-order valence-electron chi connectivity index (χ0n) is 8.18. The Morgan fingerprint density at radius 1 is 1.29 bits per heavy atom. The Hall–Kier alpha value is 0.580. The minimum Gasteiger partial charge on any atom is -0.207 e. The minimum absolute atomic E-state index is 0.216. The van der Waals surface area contributed by atoms with Gasteiger partial charge in [0.1, 0.15) is 5.82 Å². The van der Waals surface area contributed by atoms with E-state index in [0.717, 1.165) is 13.1 Å². The van der Waals surface area contributed by atoms with Crippen LogP contribution in [0.2, 0.25) is 5.02 Å². The Morgan fingerprint density at radius 2 is 2.00 bits per heavy atom. The number of halogens is 5. The van der Waals surface area contributed by atoms with Gasteiger partial charge in [-0.3, -0.25) is 0 Å². The Kier molecular flexibility index (Phi) is 4.69. The number of hydrogen-bond donors (Lipinski definition) is 0. The van der Waals surface area contributed by atoms with Gasteiger partial charge in [-0.05, 0) is 34.1 Å². The summed E-state index contributed by atoms with van der Waals surface area (Å²) < 4.78 is 15.4. The van der Waals surface area contributed by atoms with E-state index in [2.05, 4.69) is 47.8 Å². The topological polar surface area (TPSA) is 0 Å². The maximum atomic E-state index is 13.8. The molecule has 6 heteroatoms. The van der Waals surface area contributed by atoms with Gasteiger partial charge in [0.15, 0.2) is 0 Å². The third-order valence-corrected chi connectivity index (χ3v) is 6.65. The Labute approximate surface area is 133 Å². The number of thiophene rings is 1. The molecule has 2 rings (SSSR count). The molecule has 17 heavy (non-hydrogen) atoms. The molecule has 0 fully saturated rings. The van der Waals surface area contributed by atoms with Crippen LogP contribution in [0.3, 0.4) is 0 Å². The first-order valence-electron chi connectivity index (χ1n) is 4.53. The highest BCUT2D eigenvalue weighted by Gasteiger charge is 2.20. The van der Waals surface area contributed by atoms with Crippen LogP contribution >= 0.6 is 70.7 Å². The zero-order chi connectivity index (χ0) is 12.6. The molecule has 1 heterocycles. The molecule has 0 amide bonds.